The van der Waals surface area contributed by atoms with Gasteiger partial charge in [0.2, 0.25) is 0 Å². The first kappa shape index (κ1) is 13.6. The molecule has 0 aliphatic heterocycles. The Morgan fingerprint density at radius 3 is 2.53 bits per heavy atom. The summed E-state index contributed by atoms with van der Waals surface area (Å²) < 4.78 is 10.9. The fraction of sp³-hybridized carbons (Fsp3) is 0.200. The molecule has 3 nitrogen and oxygen atoms in total. The summed E-state index contributed by atoms with van der Waals surface area (Å²) in [5.41, 5.74) is 0.963. The van der Waals surface area contributed by atoms with Gasteiger partial charge >= 0.3 is 0 Å². The molecular formula is C15H16ClNO2. The Balaban J connectivity index is 1.79. The predicted molar refractivity (Wildman–Crippen MR) is 78.4 cm³/mol. The van der Waals surface area contributed by atoms with Crippen molar-refractivity contribution in [3.8, 4) is 11.5 Å². The minimum absolute atomic E-state index is 0.569. The first-order chi connectivity index (χ1) is 9.29. The molecule has 0 amide bonds. The molecule has 0 saturated heterocycles. The van der Waals surface area contributed by atoms with Gasteiger partial charge in [-0.3, -0.25) is 0 Å². The molecule has 2 aromatic rings. The van der Waals surface area contributed by atoms with Crippen LogP contribution < -0.4 is 14.8 Å². The Kier molecular flexibility index (Phi) is 4.93. The molecule has 0 bridgehead atoms. The Morgan fingerprint density at radius 1 is 1.05 bits per heavy atom. The standard InChI is InChI=1S/C15H16ClNO2/c1-18-15-5-3-2-4-14(15)17-10-11-19-13-8-6-12(16)7-9-13/h2-9,17H,10-11H2,1H3. The molecule has 0 saturated carbocycles. The Bertz CT molecular complexity index is 514. The van der Waals surface area contributed by atoms with Crippen LogP contribution in [0.3, 0.4) is 0 Å². The van der Waals surface area contributed by atoms with E-state index in [4.69, 9.17) is 21.1 Å². The smallest absolute Gasteiger partial charge is 0.141 e. The number of para-hydroxylation sites is 2. The van der Waals surface area contributed by atoms with Crippen LogP contribution in [-0.4, -0.2) is 20.3 Å². The lowest BCUT2D eigenvalue weighted by atomic mass is 10.3. The van der Waals surface area contributed by atoms with Crippen LogP contribution in [0.4, 0.5) is 5.69 Å². The Labute approximate surface area is 118 Å². The number of hydrogen-bond acceptors (Lipinski definition) is 3. The first-order valence-corrected chi connectivity index (χ1v) is 6.42. The number of hydrogen-bond donors (Lipinski definition) is 1. The van der Waals surface area contributed by atoms with Crippen LogP contribution >= 0.6 is 11.6 Å². The van der Waals surface area contributed by atoms with E-state index in [2.05, 4.69) is 5.32 Å². The van der Waals surface area contributed by atoms with Gasteiger partial charge in [0.1, 0.15) is 18.1 Å². The van der Waals surface area contributed by atoms with Crippen molar-refractivity contribution in [3.05, 3.63) is 53.6 Å². The van der Waals surface area contributed by atoms with Crippen molar-refractivity contribution in [2.45, 2.75) is 0 Å². The molecule has 0 unspecified atom stereocenters. The molecule has 2 aromatic carbocycles. The third-order valence-electron chi connectivity index (χ3n) is 2.61. The van der Waals surface area contributed by atoms with Crippen LogP contribution in [-0.2, 0) is 0 Å². The Hall–Kier alpha value is -1.87. The van der Waals surface area contributed by atoms with E-state index in [0.29, 0.717) is 18.2 Å². The lowest BCUT2D eigenvalue weighted by molar-refractivity contribution is 0.332. The summed E-state index contributed by atoms with van der Waals surface area (Å²) in [6.07, 6.45) is 0. The highest BCUT2D eigenvalue weighted by molar-refractivity contribution is 6.30. The van der Waals surface area contributed by atoms with Crippen molar-refractivity contribution in [3.63, 3.8) is 0 Å². The number of rotatable bonds is 6. The van der Waals surface area contributed by atoms with E-state index in [0.717, 1.165) is 17.2 Å². The second-order valence-electron chi connectivity index (χ2n) is 3.93. The van der Waals surface area contributed by atoms with Crippen molar-refractivity contribution in [1.82, 2.24) is 0 Å². The maximum absolute atomic E-state index is 5.80. The zero-order valence-corrected chi connectivity index (χ0v) is 11.5. The predicted octanol–water partition coefficient (Wildman–Crippen LogP) is 3.84. The summed E-state index contributed by atoms with van der Waals surface area (Å²) in [5, 5.41) is 3.98. The summed E-state index contributed by atoms with van der Waals surface area (Å²) in [4.78, 5) is 0. The Morgan fingerprint density at radius 2 is 1.79 bits per heavy atom. The summed E-state index contributed by atoms with van der Waals surface area (Å²) in [6, 6.07) is 15.1. The first-order valence-electron chi connectivity index (χ1n) is 6.05. The van der Waals surface area contributed by atoms with Crippen LogP contribution in [0.2, 0.25) is 5.02 Å². The second kappa shape index (κ2) is 6.90. The minimum atomic E-state index is 0.569. The maximum atomic E-state index is 5.80. The lowest BCUT2D eigenvalue weighted by Crippen LogP contribution is -2.11. The van der Waals surface area contributed by atoms with Gasteiger partial charge in [-0.15, -0.1) is 0 Å². The van der Waals surface area contributed by atoms with Gasteiger partial charge in [0.05, 0.1) is 12.8 Å². The van der Waals surface area contributed by atoms with Gasteiger partial charge in [0, 0.05) is 11.6 Å². The van der Waals surface area contributed by atoms with Gasteiger partial charge in [-0.05, 0) is 36.4 Å². The van der Waals surface area contributed by atoms with Crippen molar-refractivity contribution in [2.24, 2.45) is 0 Å². The number of nitrogens with one attached hydrogen (secondary N) is 1. The number of anilines is 1. The van der Waals surface area contributed by atoms with Gasteiger partial charge in [0.25, 0.3) is 0 Å². The molecular weight excluding hydrogens is 262 g/mol. The molecule has 0 radical (unpaired) electrons. The summed E-state index contributed by atoms with van der Waals surface area (Å²) in [6.45, 7) is 1.27. The molecule has 0 aromatic heterocycles. The molecule has 0 spiro atoms. The van der Waals surface area contributed by atoms with Gasteiger partial charge < -0.3 is 14.8 Å². The molecule has 0 heterocycles. The number of ether oxygens (including phenoxy) is 2. The molecule has 1 N–H and O–H groups in total. The fourth-order valence-corrected chi connectivity index (χ4v) is 1.80. The fourth-order valence-electron chi connectivity index (χ4n) is 1.68. The van der Waals surface area contributed by atoms with E-state index < -0.39 is 0 Å². The molecule has 0 aliphatic carbocycles. The zero-order valence-electron chi connectivity index (χ0n) is 10.7. The third kappa shape index (κ3) is 4.07. The zero-order chi connectivity index (χ0) is 13.5. The van der Waals surface area contributed by atoms with E-state index in [1.54, 1.807) is 7.11 Å². The molecule has 100 valence electrons. The SMILES string of the molecule is COc1ccccc1NCCOc1ccc(Cl)cc1. The van der Waals surface area contributed by atoms with E-state index in [-0.39, 0.29) is 0 Å². The third-order valence-corrected chi connectivity index (χ3v) is 2.86. The van der Waals surface area contributed by atoms with Crippen molar-refractivity contribution >= 4 is 17.3 Å². The molecule has 0 aliphatic rings. The normalized spacial score (nSPS) is 10.0. The van der Waals surface area contributed by atoms with Crippen LogP contribution in [0.5, 0.6) is 11.5 Å². The highest BCUT2D eigenvalue weighted by Crippen LogP contribution is 2.22. The summed E-state index contributed by atoms with van der Waals surface area (Å²) in [5.74, 6) is 1.64. The van der Waals surface area contributed by atoms with Crippen molar-refractivity contribution in [1.29, 1.82) is 0 Å². The lowest BCUT2D eigenvalue weighted by Gasteiger charge is -2.11. The van der Waals surface area contributed by atoms with E-state index in [1.165, 1.54) is 0 Å². The molecule has 2 rings (SSSR count). The maximum Gasteiger partial charge on any atom is 0.141 e. The van der Waals surface area contributed by atoms with Crippen LogP contribution in [0, 0.1) is 0 Å². The van der Waals surface area contributed by atoms with Gasteiger partial charge in [0.15, 0.2) is 0 Å². The van der Waals surface area contributed by atoms with E-state index in [1.807, 2.05) is 48.5 Å². The number of methoxy groups -OCH3 is 1. The summed E-state index contributed by atoms with van der Waals surface area (Å²) >= 11 is 5.80. The average Bonchev–Trinajstić information content (AvgIpc) is 2.46. The van der Waals surface area contributed by atoms with Gasteiger partial charge in [-0.1, -0.05) is 23.7 Å². The van der Waals surface area contributed by atoms with E-state index in [9.17, 15) is 0 Å². The second-order valence-corrected chi connectivity index (χ2v) is 4.37. The quantitative estimate of drug-likeness (QED) is 0.814. The molecule has 0 fully saturated rings. The monoisotopic (exact) mass is 277 g/mol. The molecule has 4 heteroatoms. The van der Waals surface area contributed by atoms with Crippen molar-refractivity contribution in [2.75, 3.05) is 25.6 Å². The highest BCUT2D eigenvalue weighted by Gasteiger charge is 2.00. The average molecular weight is 278 g/mol. The van der Waals surface area contributed by atoms with Gasteiger partial charge in [-0.25, -0.2) is 0 Å². The number of benzene rings is 2. The van der Waals surface area contributed by atoms with Crippen LogP contribution in [0.25, 0.3) is 0 Å². The van der Waals surface area contributed by atoms with E-state index >= 15 is 0 Å². The molecule has 19 heavy (non-hydrogen) atoms. The largest absolute Gasteiger partial charge is 0.495 e. The molecule has 0 atom stereocenters. The van der Waals surface area contributed by atoms with Crippen molar-refractivity contribution < 1.29 is 9.47 Å². The highest BCUT2D eigenvalue weighted by atomic mass is 35.5. The van der Waals surface area contributed by atoms with Crippen LogP contribution in [0.1, 0.15) is 0 Å². The number of halogens is 1. The summed E-state index contributed by atoms with van der Waals surface area (Å²) in [7, 11) is 1.66. The van der Waals surface area contributed by atoms with Crippen LogP contribution in [0.15, 0.2) is 48.5 Å². The topological polar surface area (TPSA) is 30.5 Å². The van der Waals surface area contributed by atoms with Gasteiger partial charge in [-0.2, -0.15) is 0 Å². The minimum Gasteiger partial charge on any atom is -0.495 e.